The largest absolute Gasteiger partial charge is 0.368 e. The van der Waals surface area contributed by atoms with Crippen LogP contribution in [0.1, 0.15) is 17.3 Å². The van der Waals surface area contributed by atoms with Crippen LogP contribution in [0.15, 0.2) is 40.9 Å². The molecule has 0 atom stereocenters. The van der Waals surface area contributed by atoms with E-state index >= 15 is 0 Å². The molecular formula is C15H15BrN2O2. The van der Waals surface area contributed by atoms with Crippen molar-refractivity contribution in [3.63, 3.8) is 0 Å². The summed E-state index contributed by atoms with van der Waals surface area (Å²) in [4.78, 5) is 24.7. The number of rotatable bonds is 4. The molecule has 0 bridgehead atoms. The summed E-state index contributed by atoms with van der Waals surface area (Å²) >= 11 is 3.41. The van der Waals surface area contributed by atoms with Gasteiger partial charge in [0.2, 0.25) is 5.91 Å². The Kier molecular flexibility index (Phi) is 4.39. The minimum Gasteiger partial charge on any atom is -0.368 e. The van der Waals surface area contributed by atoms with Crippen molar-refractivity contribution in [1.82, 2.24) is 4.90 Å². The maximum atomic E-state index is 12.3. The van der Waals surface area contributed by atoms with Gasteiger partial charge in [-0.15, -0.1) is 0 Å². The van der Waals surface area contributed by atoms with Crippen molar-refractivity contribution in [2.45, 2.75) is 6.92 Å². The molecule has 0 aromatic heterocycles. The number of nitrogens with zero attached hydrogens (tertiary/aromatic N) is 1. The van der Waals surface area contributed by atoms with E-state index in [0.29, 0.717) is 12.1 Å². The quantitative estimate of drug-likeness (QED) is 0.933. The number of fused-ring (bicyclic) bond motifs is 1. The molecule has 0 aliphatic rings. The lowest BCUT2D eigenvalue weighted by atomic mass is 10.1. The zero-order valence-corrected chi connectivity index (χ0v) is 12.7. The minimum atomic E-state index is -0.509. The average molecular weight is 335 g/mol. The Balaban J connectivity index is 2.34. The van der Waals surface area contributed by atoms with Crippen molar-refractivity contribution in [1.29, 1.82) is 0 Å². The molecule has 2 rings (SSSR count). The molecule has 0 unspecified atom stereocenters. The van der Waals surface area contributed by atoms with Gasteiger partial charge >= 0.3 is 0 Å². The Morgan fingerprint density at radius 1 is 1.15 bits per heavy atom. The summed E-state index contributed by atoms with van der Waals surface area (Å²) in [6.07, 6.45) is 0. The highest BCUT2D eigenvalue weighted by atomic mass is 79.9. The summed E-state index contributed by atoms with van der Waals surface area (Å²) in [5.41, 5.74) is 5.71. The van der Waals surface area contributed by atoms with Gasteiger partial charge in [0.05, 0.1) is 6.54 Å². The summed E-state index contributed by atoms with van der Waals surface area (Å²) < 4.78 is 0.994. The van der Waals surface area contributed by atoms with E-state index in [0.717, 1.165) is 15.2 Å². The third-order valence-corrected chi connectivity index (χ3v) is 3.56. The summed E-state index contributed by atoms with van der Waals surface area (Å²) in [6.45, 7) is 2.20. The third-order valence-electron chi connectivity index (χ3n) is 3.06. The van der Waals surface area contributed by atoms with Crippen molar-refractivity contribution in [3.05, 3.63) is 46.4 Å². The highest BCUT2D eigenvalue weighted by molar-refractivity contribution is 9.10. The molecule has 0 radical (unpaired) electrons. The lowest BCUT2D eigenvalue weighted by Gasteiger charge is -2.19. The predicted molar refractivity (Wildman–Crippen MR) is 82.4 cm³/mol. The summed E-state index contributed by atoms with van der Waals surface area (Å²) in [5, 5.41) is 2.03. The maximum Gasteiger partial charge on any atom is 0.254 e. The number of carbonyl (C=O) groups excluding carboxylic acids is 2. The third kappa shape index (κ3) is 3.17. The first-order valence-electron chi connectivity index (χ1n) is 6.28. The van der Waals surface area contributed by atoms with Crippen molar-refractivity contribution in [2.75, 3.05) is 13.1 Å². The number of carbonyl (C=O) groups is 2. The van der Waals surface area contributed by atoms with Crippen LogP contribution in [0.25, 0.3) is 10.8 Å². The second-order valence-corrected chi connectivity index (χ2v) is 5.41. The van der Waals surface area contributed by atoms with E-state index in [2.05, 4.69) is 15.9 Å². The van der Waals surface area contributed by atoms with Crippen molar-refractivity contribution in [3.8, 4) is 0 Å². The number of benzene rings is 2. The number of hydrogen-bond donors (Lipinski definition) is 1. The zero-order chi connectivity index (χ0) is 14.7. The molecule has 0 aliphatic carbocycles. The van der Waals surface area contributed by atoms with Crippen molar-refractivity contribution < 1.29 is 9.59 Å². The van der Waals surface area contributed by atoms with Gasteiger partial charge in [0.25, 0.3) is 5.91 Å². The van der Waals surface area contributed by atoms with Crippen LogP contribution in [0, 0.1) is 0 Å². The highest BCUT2D eigenvalue weighted by Crippen LogP contribution is 2.21. The number of amides is 2. The van der Waals surface area contributed by atoms with Gasteiger partial charge in [0, 0.05) is 16.6 Å². The molecule has 5 heteroatoms. The highest BCUT2D eigenvalue weighted by Gasteiger charge is 2.16. The molecule has 0 saturated carbocycles. The number of nitrogens with two attached hydrogens (primary N) is 1. The number of hydrogen-bond acceptors (Lipinski definition) is 2. The van der Waals surface area contributed by atoms with Gasteiger partial charge in [0.1, 0.15) is 0 Å². The molecule has 20 heavy (non-hydrogen) atoms. The Morgan fingerprint density at radius 3 is 2.45 bits per heavy atom. The summed E-state index contributed by atoms with van der Waals surface area (Å²) in [7, 11) is 0. The van der Waals surface area contributed by atoms with Crippen LogP contribution in [-0.4, -0.2) is 29.8 Å². The molecule has 2 N–H and O–H groups in total. The van der Waals surface area contributed by atoms with Crippen LogP contribution in [-0.2, 0) is 4.79 Å². The molecule has 2 amide bonds. The second kappa shape index (κ2) is 6.05. The van der Waals surface area contributed by atoms with Gasteiger partial charge in [-0.05, 0) is 42.0 Å². The normalized spacial score (nSPS) is 10.5. The first-order chi connectivity index (χ1) is 9.51. The molecule has 2 aromatic rings. The van der Waals surface area contributed by atoms with Crippen LogP contribution in [0.5, 0.6) is 0 Å². The average Bonchev–Trinajstić information content (AvgIpc) is 2.43. The molecular weight excluding hydrogens is 320 g/mol. The molecule has 4 nitrogen and oxygen atoms in total. The zero-order valence-electron chi connectivity index (χ0n) is 11.1. The van der Waals surface area contributed by atoms with Gasteiger partial charge in [-0.2, -0.15) is 0 Å². The first-order valence-corrected chi connectivity index (χ1v) is 7.07. The standard InChI is InChI=1S/C15H15BrN2O2/c1-2-18(9-14(17)19)15(20)12-4-3-11-8-13(16)6-5-10(11)7-12/h3-8H,2,9H2,1H3,(H2,17,19). The smallest absolute Gasteiger partial charge is 0.254 e. The topological polar surface area (TPSA) is 63.4 Å². The second-order valence-electron chi connectivity index (χ2n) is 4.49. The fraction of sp³-hybridized carbons (Fsp3) is 0.200. The Bertz CT molecular complexity index is 670. The van der Waals surface area contributed by atoms with E-state index in [1.165, 1.54) is 4.90 Å². The molecule has 0 spiro atoms. The van der Waals surface area contributed by atoms with E-state index in [4.69, 9.17) is 5.73 Å². The molecule has 0 heterocycles. The van der Waals surface area contributed by atoms with Gasteiger partial charge in [0.15, 0.2) is 0 Å². The number of halogens is 1. The minimum absolute atomic E-state index is 0.0618. The Morgan fingerprint density at radius 2 is 1.80 bits per heavy atom. The van der Waals surface area contributed by atoms with Crippen LogP contribution in [0.2, 0.25) is 0 Å². The van der Waals surface area contributed by atoms with E-state index in [-0.39, 0.29) is 12.5 Å². The van der Waals surface area contributed by atoms with Gasteiger partial charge in [-0.25, -0.2) is 0 Å². The molecule has 2 aromatic carbocycles. The van der Waals surface area contributed by atoms with Crippen LogP contribution >= 0.6 is 15.9 Å². The van der Waals surface area contributed by atoms with Crippen LogP contribution in [0.3, 0.4) is 0 Å². The van der Waals surface area contributed by atoms with Gasteiger partial charge in [-0.1, -0.05) is 28.1 Å². The van der Waals surface area contributed by atoms with Gasteiger partial charge < -0.3 is 10.6 Å². The van der Waals surface area contributed by atoms with Crippen LogP contribution in [0.4, 0.5) is 0 Å². The summed E-state index contributed by atoms with van der Waals surface area (Å²) in [5.74, 6) is -0.693. The fourth-order valence-corrected chi connectivity index (χ4v) is 2.43. The van der Waals surface area contributed by atoms with E-state index < -0.39 is 5.91 Å². The monoisotopic (exact) mass is 334 g/mol. The number of primary amides is 1. The Hall–Kier alpha value is -1.88. The maximum absolute atomic E-state index is 12.3. The molecule has 0 fully saturated rings. The fourth-order valence-electron chi connectivity index (χ4n) is 2.05. The number of likely N-dealkylation sites (N-methyl/N-ethyl adjacent to an activating group) is 1. The van der Waals surface area contributed by atoms with E-state index in [1.807, 2.05) is 37.3 Å². The summed E-state index contributed by atoms with van der Waals surface area (Å²) in [6, 6.07) is 11.3. The molecule has 104 valence electrons. The van der Waals surface area contributed by atoms with Crippen molar-refractivity contribution >= 4 is 38.5 Å². The molecule has 0 saturated heterocycles. The Labute approximate surface area is 125 Å². The molecule has 0 aliphatic heterocycles. The van der Waals surface area contributed by atoms with Crippen molar-refractivity contribution in [2.24, 2.45) is 5.73 Å². The predicted octanol–water partition coefficient (Wildman–Crippen LogP) is 2.55. The van der Waals surface area contributed by atoms with E-state index in [1.54, 1.807) is 6.07 Å². The van der Waals surface area contributed by atoms with Crippen LogP contribution < -0.4 is 5.73 Å². The SMILES string of the molecule is CCN(CC(N)=O)C(=O)c1ccc2cc(Br)ccc2c1. The lowest BCUT2D eigenvalue weighted by molar-refractivity contribution is -0.118. The van der Waals surface area contributed by atoms with Gasteiger partial charge in [-0.3, -0.25) is 9.59 Å². The van der Waals surface area contributed by atoms with E-state index in [9.17, 15) is 9.59 Å². The first kappa shape index (κ1) is 14.5. The lowest BCUT2D eigenvalue weighted by Crippen LogP contribution is -2.38.